The van der Waals surface area contributed by atoms with Crippen molar-refractivity contribution in [1.82, 2.24) is 15.0 Å². The molecule has 0 saturated heterocycles. The minimum atomic E-state index is -0.429. The predicted octanol–water partition coefficient (Wildman–Crippen LogP) is 12.6. The molecule has 0 radical (unpaired) electrons. The van der Waals surface area contributed by atoms with Crippen LogP contribution in [0, 0.1) is 0 Å². The fraction of sp³-hybridized carbons (Fsp3) is 0.0192. The van der Waals surface area contributed by atoms with Crippen LogP contribution in [0.5, 0.6) is 0 Å². The van der Waals surface area contributed by atoms with E-state index in [-0.39, 0.29) is 0 Å². The lowest BCUT2D eigenvalue weighted by molar-refractivity contribution is 0.768. The smallest absolute Gasteiger partial charge is 0.164 e. The number of hydrogen-bond acceptors (Lipinski definition) is 3. The highest BCUT2D eigenvalue weighted by Gasteiger charge is 2.45. The van der Waals surface area contributed by atoms with Gasteiger partial charge in [-0.3, -0.25) is 0 Å². The lowest BCUT2D eigenvalue weighted by Crippen LogP contribution is -2.28. The number of hydrogen-bond donors (Lipinski definition) is 0. The van der Waals surface area contributed by atoms with Gasteiger partial charge in [0, 0.05) is 16.7 Å². The van der Waals surface area contributed by atoms with E-state index in [2.05, 4.69) is 176 Å². The van der Waals surface area contributed by atoms with E-state index in [1.54, 1.807) is 0 Å². The van der Waals surface area contributed by atoms with Crippen LogP contribution in [0.15, 0.2) is 212 Å². The first kappa shape index (κ1) is 32.4. The van der Waals surface area contributed by atoms with Crippen molar-refractivity contribution in [3.8, 4) is 67.5 Å². The first-order valence-corrected chi connectivity index (χ1v) is 18.7. The van der Waals surface area contributed by atoms with Gasteiger partial charge >= 0.3 is 0 Å². The topological polar surface area (TPSA) is 38.7 Å². The van der Waals surface area contributed by atoms with Crippen molar-refractivity contribution in [2.75, 3.05) is 0 Å². The Balaban J connectivity index is 1.07. The summed E-state index contributed by atoms with van der Waals surface area (Å²) >= 11 is 0. The van der Waals surface area contributed by atoms with Crippen molar-refractivity contribution in [2.45, 2.75) is 5.41 Å². The van der Waals surface area contributed by atoms with Crippen LogP contribution in [0.4, 0.5) is 0 Å². The summed E-state index contributed by atoms with van der Waals surface area (Å²) in [6, 6.07) is 75.3. The van der Waals surface area contributed by atoms with Crippen LogP contribution < -0.4 is 0 Å². The molecule has 0 saturated carbocycles. The van der Waals surface area contributed by atoms with Crippen LogP contribution in [0.25, 0.3) is 67.5 Å². The van der Waals surface area contributed by atoms with E-state index in [9.17, 15) is 0 Å². The van der Waals surface area contributed by atoms with Crippen molar-refractivity contribution in [1.29, 1.82) is 0 Å². The molecule has 0 spiro atoms. The van der Waals surface area contributed by atoms with Crippen LogP contribution >= 0.6 is 0 Å². The molecule has 0 bridgehead atoms. The van der Waals surface area contributed by atoms with Crippen molar-refractivity contribution in [3.63, 3.8) is 0 Å². The summed E-state index contributed by atoms with van der Waals surface area (Å²) in [4.78, 5) is 15.1. The Hall–Kier alpha value is -7.23. The second-order valence-electron chi connectivity index (χ2n) is 14.0. The molecule has 3 heteroatoms. The number of benzene rings is 8. The van der Waals surface area contributed by atoms with Gasteiger partial charge in [0.1, 0.15) is 0 Å². The maximum Gasteiger partial charge on any atom is 0.164 e. The summed E-state index contributed by atoms with van der Waals surface area (Å²) in [7, 11) is 0. The third-order valence-corrected chi connectivity index (χ3v) is 10.8. The molecule has 55 heavy (non-hydrogen) atoms. The number of nitrogens with zero attached hydrogens (tertiary/aromatic N) is 3. The van der Waals surface area contributed by atoms with Crippen LogP contribution in [0.2, 0.25) is 0 Å². The third-order valence-electron chi connectivity index (χ3n) is 10.8. The molecule has 0 amide bonds. The molecule has 1 heterocycles. The Bertz CT molecular complexity index is 2750. The fourth-order valence-electron chi connectivity index (χ4n) is 8.28. The van der Waals surface area contributed by atoms with Crippen LogP contribution in [0.3, 0.4) is 0 Å². The molecule has 1 aromatic heterocycles. The minimum Gasteiger partial charge on any atom is -0.208 e. The van der Waals surface area contributed by atoms with Gasteiger partial charge in [0.05, 0.1) is 5.41 Å². The van der Waals surface area contributed by atoms with E-state index in [0.29, 0.717) is 17.5 Å². The molecule has 0 fully saturated rings. The Kier molecular flexibility index (Phi) is 8.04. The lowest BCUT2D eigenvalue weighted by atomic mass is 9.67. The molecule has 0 atom stereocenters. The van der Waals surface area contributed by atoms with Gasteiger partial charge in [0.2, 0.25) is 0 Å². The summed E-state index contributed by atoms with van der Waals surface area (Å²) in [5, 5.41) is 0. The number of aromatic nitrogens is 3. The number of rotatable bonds is 7. The van der Waals surface area contributed by atoms with Gasteiger partial charge < -0.3 is 0 Å². The summed E-state index contributed by atoms with van der Waals surface area (Å²) in [5.41, 5.74) is 14.6. The Morgan fingerprint density at radius 1 is 0.255 bits per heavy atom. The first-order valence-electron chi connectivity index (χ1n) is 18.7. The fourth-order valence-corrected chi connectivity index (χ4v) is 8.28. The Morgan fingerprint density at radius 3 is 1.15 bits per heavy atom. The summed E-state index contributed by atoms with van der Waals surface area (Å²) in [6.45, 7) is 0. The Morgan fingerprint density at radius 2 is 0.618 bits per heavy atom. The van der Waals surface area contributed by atoms with E-state index >= 15 is 0 Å². The standard InChI is InChI=1S/C52H35N3/c1-4-16-36(17-5-1)39-20-14-22-41(34-39)50-53-49(38-18-6-2-7-19-38)54-51(55-50)42-23-15-21-40(35-42)37-30-32-44(33-31-37)52(43-24-8-3-9-25-43)47-28-12-10-26-45(47)46-27-11-13-29-48(46)52/h1-35H. The van der Waals surface area contributed by atoms with Gasteiger partial charge in [0.15, 0.2) is 17.5 Å². The summed E-state index contributed by atoms with van der Waals surface area (Å²) < 4.78 is 0. The highest BCUT2D eigenvalue weighted by atomic mass is 15.0. The first-order chi connectivity index (χ1) is 27.3. The van der Waals surface area contributed by atoms with E-state index < -0.39 is 5.41 Å². The van der Waals surface area contributed by atoms with Gasteiger partial charge in [-0.05, 0) is 67.8 Å². The number of fused-ring (bicyclic) bond motifs is 3. The van der Waals surface area contributed by atoms with Crippen molar-refractivity contribution >= 4 is 0 Å². The third kappa shape index (κ3) is 5.65. The molecular weight excluding hydrogens is 667 g/mol. The molecule has 258 valence electrons. The van der Waals surface area contributed by atoms with Gasteiger partial charge in [-0.2, -0.15) is 0 Å². The average Bonchev–Trinajstić information content (AvgIpc) is 3.58. The highest BCUT2D eigenvalue weighted by Crippen LogP contribution is 2.56. The quantitative estimate of drug-likeness (QED) is 0.166. The molecule has 8 aromatic carbocycles. The molecule has 3 nitrogen and oxygen atoms in total. The average molecular weight is 702 g/mol. The molecule has 10 rings (SSSR count). The summed E-state index contributed by atoms with van der Waals surface area (Å²) in [5.74, 6) is 1.91. The molecular formula is C52H35N3. The molecule has 0 N–H and O–H groups in total. The Labute approximate surface area is 321 Å². The summed E-state index contributed by atoms with van der Waals surface area (Å²) in [6.07, 6.45) is 0. The van der Waals surface area contributed by atoms with Crippen molar-refractivity contribution in [3.05, 3.63) is 235 Å². The van der Waals surface area contributed by atoms with E-state index in [0.717, 1.165) is 38.9 Å². The zero-order chi connectivity index (χ0) is 36.6. The predicted molar refractivity (Wildman–Crippen MR) is 224 cm³/mol. The largest absolute Gasteiger partial charge is 0.208 e. The molecule has 0 unspecified atom stereocenters. The second-order valence-corrected chi connectivity index (χ2v) is 14.0. The normalized spacial score (nSPS) is 12.5. The monoisotopic (exact) mass is 701 g/mol. The van der Waals surface area contributed by atoms with Gasteiger partial charge in [-0.15, -0.1) is 0 Å². The zero-order valence-corrected chi connectivity index (χ0v) is 30.0. The molecule has 1 aliphatic carbocycles. The van der Waals surface area contributed by atoms with Crippen molar-refractivity contribution < 1.29 is 0 Å². The van der Waals surface area contributed by atoms with Gasteiger partial charge in [-0.25, -0.2) is 15.0 Å². The highest BCUT2D eigenvalue weighted by molar-refractivity contribution is 5.86. The molecule has 0 aliphatic heterocycles. The minimum absolute atomic E-state index is 0.429. The molecule has 1 aliphatic rings. The second kappa shape index (κ2) is 13.6. The van der Waals surface area contributed by atoms with E-state index in [1.165, 1.54) is 33.4 Å². The van der Waals surface area contributed by atoms with E-state index in [1.807, 2.05) is 36.4 Å². The van der Waals surface area contributed by atoms with Crippen LogP contribution in [-0.4, -0.2) is 15.0 Å². The van der Waals surface area contributed by atoms with Gasteiger partial charge in [0.25, 0.3) is 0 Å². The van der Waals surface area contributed by atoms with E-state index in [4.69, 9.17) is 15.0 Å². The van der Waals surface area contributed by atoms with Crippen LogP contribution in [0.1, 0.15) is 22.3 Å². The maximum absolute atomic E-state index is 5.10. The molecule has 9 aromatic rings. The maximum atomic E-state index is 5.10. The van der Waals surface area contributed by atoms with Crippen LogP contribution in [-0.2, 0) is 5.41 Å². The van der Waals surface area contributed by atoms with Crippen molar-refractivity contribution in [2.24, 2.45) is 0 Å². The zero-order valence-electron chi connectivity index (χ0n) is 30.0. The SMILES string of the molecule is c1ccc(-c2cccc(-c3nc(-c4ccccc4)nc(-c4cccc(-c5ccc(C6(c7ccccc7)c7ccccc7-c7ccccc76)cc5)c4)n3)c2)cc1. The van der Waals surface area contributed by atoms with Gasteiger partial charge in [-0.1, -0.05) is 200 Å². The lowest BCUT2D eigenvalue weighted by Gasteiger charge is -2.34.